The number of thioether (sulfide) groups is 1. The summed E-state index contributed by atoms with van der Waals surface area (Å²) in [6.07, 6.45) is -0.200. The van der Waals surface area contributed by atoms with E-state index >= 15 is 0 Å². The number of carboxylic acids is 1. The molecule has 0 aliphatic heterocycles. The summed E-state index contributed by atoms with van der Waals surface area (Å²) in [6, 6.07) is 7.25. The lowest BCUT2D eigenvalue weighted by atomic mass is 10.1. The Morgan fingerprint density at radius 3 is 2.43 bits per heavy atom. The third-order valence-electron chi connectivity index (χ3n) is 2.84. The summed E-state index contributed by atoms with van der Waals surface area (Å²) in [7, 11) is 1.20. The highest BCUT2D eigenvalue weighted by Crippen LogP contribution is 2.12. The molecule has 1 atom stereocenters. The number of esters is 1. The van der Waals surface area contributed by atoms with Crippen molar-refractivity contribution < 1.29 is 29.0 Å². The predicted molar refractivity (Wildman–Crippen MR) is 84.0 cm³/mol. The van der Waals surface area contributed by atoms with Gasteiger partial charge >= 0.3 is 11.9 Å². The number of hydrogen-bond acceptors (Lipinski definition) is 6. The molecule has 0 saturated heterocycles. The predicted octanol–water partition coefficient (Wildman–Crippen LogP) is 1.08. The van der Waals surface area contributed by atoms with E-state index in [4.69, 9.17) is 5.11 Å². The Kier molecular flexibility index (Phi) is 7.82. The Bertz CT molecular complexity index is 575. The zero-order chi connectivity index (χ0) is 17.2. The molecule has 1 aromatic carbocycles. The molecule has 1 aromatic rings. The van der Waals surface area contributed by atoms with Gasteiger partial charge in [-0.3, -0.25) is 14.4 Å². The van der Waals surface area contributed by atoms with E-state index in [1.54, 1.807) is 30.3 Å². The van der Waals surface area contributed by atoms with Crippen molar-refractivity contribution in [3.05, 3.63) is 35.9 Å². The van der Waals surface area contributed by atoms with E-state index in [1.807, 2.05) is 0 Å². The van der Waals surface area contributed by atoms with E-state index < -0.39 is 23.9 Å². The molecule has 0 aromatic heterocycles. The van der Waals surface area contributed by atoms with Crippen molar-refractivity contribution in [2.45, 2.75) is 18.9 Å². The number of amides is 1. The van der Waals surface area contributed by atoms with Gasteiger partial charge in [-0.2, -0.15) is 0 Å². The van der Waals surface area contributed by atoms with E-state index in [0.717, 1.165) is 11.8 Å². The van der Waals surface area contributed by atoms with Crippen LogP contribution < -0.4 is 5.32 Å². The molecule has 124 valence electrons. The quantitative estimate of drug-likeness (QED) is 0.682. The van der Waals surface area contributed by atoms with Gasteiger partial charge in [-0.1, -0.05) is 42.1 Å². The van der Waals surface area contributed by atoms with Crippen LogP contribution in [0.4, 0.5) is 0 Å². The molecular formula is C15H17NO6S. The Morgan fingerprint density at radius 1 is 1.22 bits per heavy atom. The van der Waals surface area contributed by atoms with Crippen molar-refractivity contribution >= 4 is 34.7 Å². The summed E-state index contributed by atoms with van der Waals surface area (Å²) in [6.45, 7) is 0. The fourth-order valence-electron chi connectivity index (χ4n) is 1.65. The number of benzene rings is 1. The number of hydrogen-bond donors (Lipinski definition) is 2. The summed E-state index contributed by atoms with van der Waals surface area (Å²) >= 11 is 0.785. The average Bonchev–Trinajstić information content (AvgIpc) is 2.56. The van der Waals surface area contributed by atoms with Gasteiger partial charge in [0.15, 0.2) is 0 Å². The molecule has 1 amide bonds. The molecular weight excluding hydrogens is 322 g/mol. The fourth-order valence-corrected chi connectivity index (χ4v) is 2.29. The van der Waals surface area contributed by atoms with E-state index in [2.05, 4.69) is 10.1 Å². The van der Waals surface area contributed by atoms with Gasteiger partial charge in [0.05, 0.1) is 12.9 Å². The molecule has 0 radical (unpaired) electrons. The van der Waals surface area contributed by atoms with Crippen LogP contribution in [0.3, 0.4) is 0 Å². The molecule has 2 N–H and O–H groups in total. The first-order valence-electron chi connectivity index (χ1n) is 6.75. The molecule has 0 aliphatic rings. The molecule has 0 bridgehead atoms. The lowest BCUT2D eigenvalue weighted by Gasteiger charge is -2.13. The Morgan fingerprint density at radius 2 is 1.87 bits per heavy atom. The average molecular weight is 339 g/mol. The van der Waals surface area contributed by atoms with Crippen LogP contribution in [0, 0.1) is 0 Å². The second-order valence-electron chi connectivity index (χ2n) is 4.52. The molecule has 7 nitrogen and oxygen atoms in total. The van der Waals surface area contributed by atoms with E-state index in [-0.39, 0.29) is 23.7 Å². The standard InChI is InChI=1S/C15H17NO6S/c1-22-13(18)8-7-11(14(19)20)16-12(17)9-23-15(21)10-5-3-2-4-6-10/h2-6,11H,7-9H2,1H3,(H,16,17)(H,19,20)/t11-/m0/s1. The van der Waals surface area contributed by atoms with Crippen LogP contribution >= 0.6 is 11.8 Å². The minimum absolute atomic E-state index is 0.0783. The lowest BCUT2D eigenvalue weighted by molar-refractivity contribution is -0.143. The topological polar surface area (TPSA) is 110 Å². The molecule has 1 rings (SSSR count). The zero-order valence-corrected chi connectivity index (χ0v) is 13.3. The molecule has 0 spiro atoms. The van der Waals surface area contributed by atoms with Gasteiger partial charge in [0, 0.05) is 12.0 Å². The van der Waals surface area contributed by atoms with Crippen molar-refractivity contribution in [1.29, 1.82) is 0 Å². The number of carboxylic acid groups (broad SMARTS) is 1. The van der Waals surface area contributed by atoms with E-state index in [1.165, 1.54) is 7.11 Å². The van der Waals surface area contributed by atoms with Crippen LogP contribution in [-0.2, 0) is 19.1 Å². The minimum atomic E-state index is -1.25. The number of nitrogens with one attached hydrogen (secondary N) is 1. The maximum atomic E-state index is 11.8. The fraction of sp³-hybridized carbons (Fsp3) is 0.333. The zero-order valence-electron chi connectivity index (χ0n) is 12.5. The first-order chi connectivity index (χ1) is 10.9. The molecule has 0 aliphatic carbocycles. The normalized spacial score (nSPS) is 11.3. The van der Waals surface area contributed by atoms with Crippen LogP contribution in [0.25, 0.3) is 0 Å². The lowest BCUT2D eigenvalue weighted by Crippen LogP contribution is -2.42. The van der Waals surface area contributed by atoms with Gasteiger partial charge in [0.2, 0.25) is 11.0 Å². The van der Waals surface area contributed by atoms with Gasteiger partial charge in [-0.05, 0) is 6.42 Å². The third kappa shape index (κ3) is 6.96. The molecule has 0 heterocycles. The van der Waals surface area contributed by atoms with Crippen molar-refractivity contribution in [1.82, 2.24) is 5.32 Å². The maximum absolute atomic E-state index is 11.8. The summed E-state index contributed by atoms with van der Waals surface area (Å²) in [5.74, 6) is -2.59. The molecule has 8 heteroatoms. The monoisotopic (exact) mass is 339 g/mol. The van der Waals surface area contributed by atoms with E-state index in [0.29, 0.717) is 5.56 Å². The van der Waals surface area contributed by atoms with Gasteiger partial charge < -0.3 is 15.2 Å². The summed E-state index contributed by atoms with van der Waals surface area (Å²) in [4.78, 5) is 45.6. The first-order valence-corrected chi connectivity index (χ1v) is 7.73. The maximum Gasteiger partial charge on any atom is 0.326 e. The highest BCUT2D eigenvalue weighted by molar-refractivity contribution is 8.14. The van der Waals surface area contributed by atoms with Crippen molar-refractivity contribution in [2.75, 3.05) is 12.9 Å². The highest BCUT2D eigenvalue weighted by atomic mass is 32.2. The number of rotatable bonds is 8. The Hall–Kier alpha value is -2.35. The molecule has 0 saturated carbocycles. The number of ether oxygens (including phenoxy) is 1. The summed E-state index contributed by atoms with van der Waals surface area (Å²) in [5.41, 5.74) is 0.464. The molecule has 0 unspecified atom stereocenters. The Labute approximate surface area is 137 Å². The SMILES string of the molecule is COC(=O)CC[C@H](NC(=O)CSC(=O)c1ccccc1)C(=O)O. The van der Waals surface area contributed by atoms with Crippen LogP contribution in [0.1, 0.15) is 23.2 Å². The summed E-state index contributed by atoms with van der Waals surface area (Å²) in [5, 5.41) is 11.0. The van der Waals surface area contributed by atoms with Gasteiger partial charge in [-0.25, -0.2) is 4.79 Å². The number of aliphatic carboxylic acids is 1. The molecule has 0 fully saturated rings. The second kappa shape index (κ2) is 9.62. The van der Waals surface area contributed by atoms with Gasteiger partial charge in [0.1, 0.15) is 6.04 Å². The second-order valence-corrected chi connectivity index (χ2v) is 5.46. The largest absolute Gasteiger partial charge is 0.480 e. The number of carbonyl (C=O) groups is 4. The van der Waals surface area contributed by atoms with Crippen molar-refractivity contribution in [3.8, 4) is 0 Å². The molecule has 23 heavy (non-hydrogen) atoms. The van der Waals surface area contributed by atoms with Crippen LogP contribution in [0.2, 0.25) is 0 Å². The minimum Gasteiger partial charge on any atom is -0.480 e. The van der Waals surface area contributed by atoms with Crippen molar-refractivity contribution in [3.63, 3.8) is 0 Å². The van der Waals surface area contributed by atoms with E-state index in [9.17, 15) is 19.2 Å². The van der Waals surface area contributed by atoms with Crippen LogP contribution in [0.5, 0.6) is 0 Å². The number of carbonyl (C=O) groups excluding carboxylic acids is 3. The number of methoxy groups -OCH3 is 1. The van der Waals surface area contributed by atoms with Gasteiger partial charge in [-0.15, -0.1) is 0 Å². The van der Waals surface area contributed by atoms with Gasteiger partial charge in [0.25, 0.3) is 0 Å². The van der Waals surface area contributed by atoms with Crippen molar-refractivity contribution in [2.24, 2.45) is 0 Å². The smallest absolute Gasteiger partial charge is 0.326 e. The third-order valence-corrected chi connectivity index (χ3v) is 3.75. The van der Waals surface area contributed by atoms with Crippen LogP contribution in [-0.4, -0.2) is 47.0 Å². The van der Waals surface area contributed by atoms with Crippen LogP contribution in [0.15, 0.2) is 30.3 Å². The first kappa shape index (κ1) is 18.7. The summed E-state index contributed by atoms with van der Waals surface area (Å²) < 4.78 is 4.42. The Balaban J connectivity index is 2.45. The highest BCUT2D eigenvalue weighted by Gasteiger charge is 2.21.